The number of aliphatic hydroxyl groups excluding tert-OH is 1. The van der Waals surface area contributed by atoms with Gasteiger partial charge in [0.2, 0.25) is 11.8 Å². The average Bonchev–Trinajstić information content (AvgIpc) is 3.01. The van der Waals surface area contributed by atoms with Crippen LogP contribution in [0.4, 0.5) is 4.79 Å². The summed E-state index contributed by atoms with van der Waals surface area (Å²) in [5.41, 5.74) is 0.0174. The van der Waals surface area contributed by atoms with Crippen LogP contribution in [0.15, 0.2) is 28.9 Å². The standard InChI is InChI=1S/C17H24N4O4/c1-10(2)12(19-16(23)25-17(3,4)5)13(22)15-21-20-14(24-15)11-7-6-8-18-9-11/h6-10,12-13,22H,1-5H3,(H,19,23)/t12-,13?/m0/s1. The van der Waals surface area contributed by atoms with Crippen molar-refractivity contribution in [1.29, 1.82) is 0 Å². The van der Waals surface area contributed by atoms with Crippen molar-refractivity contribution in [1.82, 2.24) is 20.5 Å². The van der Waals surface area contributed by atoms with E-state index in [1.165, 1.54) is 0 Å². The van der Waals surface area contributed by atoms with Crippen LogP contribution in [0.25, 0.3) is 11.5 Å². The number of aromatic nitrogens is 3. The van der Waals surface area contributed by atoms with E-state index in [-0.39, 0.29) is 17.7 Å². The van der Waals surface area contributed by atoms with Crippen molar-refractivity contribution in [2.75, 3.05) is 0 Å². The molecule has 1 unspecified atom stereocenters. The quantitative estimate of drug-likeness (QED) is 0.854. The molecule has 2 aromatic heterocycles. The topological polar surface area (TPSA) is 110 Å². The Bertz CT molecular complexity index is 694. The van der Waals surface area contributed by atoms with Crippen molar-refractivity contribution >= 4 is 6.09 Å². The van der Waals surface area contributed by atoms with Crippen molar-refractivity contribution in [2.24, 2.45) is 5.92 Å². The van der Waals surface area contributed by atoms with Crippen LogP contribution >= 0.6 is 0 Å². The smallest absolute Gasteiger partial charge is 0.407 e. The molecule has 0 bridgehead atoms. The van der Waals surface area contributed by atoms with E-state index in [0.717, 1.165) is 0 Å². The molecule has 0 aliphatic heterocycles. The predicted molar refractivity (Wildman–Crippen MR) is 90.5 cm³/mol. The van der Waals surface area contributed by atoms with Gasteiger partial charge in [-0.2, -0.15) is 0 Å². The van der Waals surface area contributed by atoms with Crippen LogP contribution in [-0.4, -0.2) is 38.0 Å². The molecule has 2 heterocycles. The zero-order chi connectivity index (χ0) is 18.6. The molecular formula is C17H24N4O4. The van der Waals surface area contributed by atoms with Crippen LogP contribution in [0, 0.1) is 5.92 Å². The number of alkyl carbamates (subject to hydrolysis) is 1. The lowest BCUT2D eigenvalue weighted by Crippen LogP contribution is -2.45. The lowest BCUT2D eigenvalue weighted by atomic mass is 9.98. The van der Waals surface area contributed by atoms with Crippen molar-refractivity contribution in [3.05, 3.63) is 30.4 Å². The van der Waals surface area contributed by atoms with E-state index in [1.54, 1.807) is 45.3 Å². The van der Waals surface area contributed by atoms with Gasteiger partial charge in [0.25, 0.3) is 0 Å². The summed E-state index contributed by atoms with van der Waals surface area (Å²) >= 11 is 0. The predicted octanol–water partition coefficient (Wildman–Crippen LogP) is 2.71. The van der Waals surface area contributed by atoms with Crippen molar-refractivity contribution < 1.29 is 19.1 Å². The Morgan fingerprint density at radius 3 is 2.60 bits per heavy atom. The number of hydrogen-bond acceptors (Lipinski definition) is 7. The maximum Gasteiger partial charge on any atom is 0.407 e. The average molecular weight is 348 g/mol. The van der Waals surface area contributed by atoms with Crippen molar-refractivity contribution in [3.63, 3.8) is 0 Å². The van der Waals surface area contributed by atoms with Crippen molar-refractivity contribution in [2.45, 2.75) is 52.4 Å². The monoisotopic (exact) mass is 348 g/mol. The van der Waals surface area contributed by atoms with Gasteiger partial charge in [-0.05, 0) is 38.8 Å². The SMILES string of the molecule is CC(C)[C@H](NC(=O)OC(C)(C)C)C(O)c1nnc(-c2cccnc2)o1. The van der Waals surface area contributed by atoms with Crippen LogP contribution in [0.1, 0.15) is 46.6 Å². The highest BCUT2D eigenvalue weighted by molar-refractivity contribution is 5.68. The maximum absolute atomic E-state index is 12.0. The number of carbonyl (C=O) groups is 1. The second-order valence-corrected chi connectivity index (χ2v) is 7.05. The number of nitrogens with zero attached hydrogens (tertiary/aromatic N) is 3. The van der Waals surface area contributed by atoms with Gasteiger partial charge in [-0.1, -0.05) is 13.8 Å². The van der Waals surface area contributed by atoms with E-state index in [1.807, 2.05) is 13.8 Å². The van der Waals surface area contributed by atoms with Crippen LogP contribution in [0.2, 0.25) is 0 Å². The number of aliphatic hydroxyl groups is 1. The molecule has 2 aromatic rings. The van der Waals surface area contributed by atoms with E-state index in [9.17, 15) is 9.90 Å². The fraction of sp³-hybridized carbons (Fsp3) is 0.529. The Labute approximate surface area is 146 Å². The third kappa shape index (κ3) is 5.25. The minimum Gasteiger partial charge on any atom is -0.444 e. The lowest BCUT2D eigenvalue weighted by Gasteiger charge is -2.27. The summed E-state index contributed by atoms with van der Waals surface area (Å²) in [7, 11) is 0. The first kappa shape index (κ1) is 18.9. The third-order valence-electron chi connectivity index (χ3n) is 3.34. The second kappa shape index (κ2) is 7.60. The minimum atomic E-state index is -1.16. The normalized spacial score (nSPS) is 14.2. The van der Waals surface area contributed by atoms with Gasteiger partial charge in [-0.3, -0.25) is 4.98 Å². The van der Waals surface area contributed by atoms with E-state index in [4.69, 9.17) is 9.15 Å². The third-order valence-corrected chi connectivity index (χ3v) is 3.34. The molecule has 0 saturated heterocycles. The fourth-order valence-electron chi connectivity index (χ4n) is 2.17. The van der Waals surface area contributed by atoms with Gasteiger partial charge in [-0.15, -0.1) is 10.2 Å². The first-order chi connectivity index (χ1) is 11.7. The van der Waals surface area contributed by atoms with Crippen LogP contribution in [-0.2, 0) is 4.74 Å². The van der Waals surface area contributed by atoms with Crippen LogP contribution < -0.4 is 5.32 Å². The van der Waals surface area contributed by atoms with Crippen molar-refractivity contribution in [3.8, 4) is 11.5 Å². The molecule has 2 N–H and O–H groups in total. The number of nitrogens with one attached hydrogen (secondary N) is 1. The molecule has 8 heteroatoms. The lowest BCUT2D eigenvalue weighted by molar-refractivity contribution is 0.0329. The zero-order valence-corrected chi connectivity index (χ0v) is 15.1. The van der Waals surface area contributed by atoms with E-state index in [2.05, 4.69) is 20.5 Å². The molecule has 2 atom stereocenters. The number of amides is 1. The summed E-state index contributed by atoms with van der Waals surface area (Å²) < 4.78 is 10.8. The highest BCUT2D eigenvalue weighted by Gasteiger charge is 2.31. The molecule has 0 saturated carbocycles. The largest absolute Gasteiger partial charge is 0.444 e. The number of ether oxygens (including phenoxy) is 1. The molecule has 0 radical (unpaired) electrons. The molecule has 136 valence electrons. The summed E-state index contributed by atoms with van der Waals surface area (Å²) in [4.78, 5) is 16.0. The van der Waals surface area contributed by atoms with Gasteiger partial charge in [0.15, 0.2) is 6.10 Å². The number of hydrogen-bond donors (Lipinski definition) is 2. The van der Waals surface area contributed by atoms with Gasteiger partial charge in [0, 0.05) is 12.4 Å². The molecule has 2 rings (SSSR count). The van der Waals surface area contributed by atoms with Gasteiger partial charge >= 0.3 is 6.09 Å². The zero-order valence-electron chi connectivity index (χ0n) is 15.1. The van der Waals surface area contributed by atoms with Gasteiger partial charge in [-0.25, -0.2) is 4.79 Å². The Morgan fingerprint density at radius 1 is 1.32 bits per heavy atom. The molecule has 8 nitrogen and oxygen atoms in total. The van der Waals surface area contributed by atoms with Gasteiger partial charge in [0.05, 0.1) is 11.6 Å². The number of rotatable bonds is 5. The number of pyridine rings is 1. The second-order valence-electron chi connectivity index (χ2n) is 7.05. The molecular weight excluding hydrogens is 324 g/mol. The Balaban J connectivity index is 2.14. The molecule has 0 aromatic carbocycles. The molecule has 0 fully saturated rings. The molecule has 1 amide bonds. The van der Waals surface area contributed by atoms with E-state index >= 15 is 0 Å². The highest BCUT2D eigenvalue weighted by Crippen LogP contribution is 2.24. The fourth-order valence-corrected chi connectivity index (χ4v) is 2.17. The molecule has 0 aliphatic carbocycles. The molecule has 0 spiro atoms. The summed E-state index contributed by atoms with van der Waals surface area (Å²) in [6.45, 7) is 9.04. The molecule has 25 heavy (non-hydrogen) atoms. The van der Waals surface area contributed by atoms with Gasteiger partial charge < -0.3 is 19.6 Å². The highest BCUT2D eigenvalue weighted by atomic mass is 16.6. The summed E-state index contributed by atoms with van der Waals surface area (Å²) in [6, 6.07) is 2.88. The van der Waals surface area contributed by atoms with Crippen LogP contribution in [0.3, 0.4) is 0 Å². The van der Waals surface area contributed by atoms with E-state index < -0.39 is 23.8 Å². The maximum atomic E-state index is 12.0. The Morgan fingerprint density at radius 2 is 2.04 bits per heavy atom. The van der Waals surface area contributed by atoms with E-state index in [0.29, 0.717) is 5.56 Å². The summed E-state index contributed by atoms with van der Waals surface area (Å²) in [5.74, 6) is 0.187. The summed E-state index contributed by atoms with van der Waals surface area (Å²) in [6.07, 6.45) is 1.44. The first-order valence-corrected chi connectivity index (χ1v) is 8.09. The Kier molecular flexibility index (Phi) is 5.73. The molecule has 0 aliphatic rings. The number of carbonyl (C=O) groups excluding carboxylic acids is 1. The first-order valence-electron chi connectivity index (χ1n) is 8.09. The van der Waals surface area contributed by atoms with Gasteiger partial charge in [0.1, 0.15) is 5.60 Å². The summed E-state index contributed by atoms with van der Waals surface area (Å²) in [5, 5.41) is 21.1. The Hall–Kier alpha value is -2.48. The minimum absolute atomic E-state index is 0.0219. The van der Waals surface area contributed by atoms with Crippen LogP contribution in [0.5, 0.6) is 0 Å².